The van der Waals surface area contributed by atoms with E-state index in [1.165, 1.54) is 0 Å². The fourth-order valence-corrected chi connectivity index (χ4v) is 1.53. The molecule has 0 aromatic rings. The molecule has 2 unspecified atom stereocenters. The molecule has 0 radical (unpaired) electrons. The minimum atomic E-state index is 0.160. The van der Waals surface area contributed by atoms with Gasteiger partial charge in [-0.05, 0) is 19.3 Å². The van der Waals surface area contributed by atoms with Crippen LogP contribution in [0.3, 0.4) is 0 Å². The molecule has 2 atom stereocenters. The largest absolute Gasteiger partial charge is 0.468 e. The van der Waals surface area contributed by atoms with Crippen LogP contribution in [-0.2, 0) is 14.3 Å². The quantitative estimate of drug-likeness (QED) is 0.564. The summed E-state index contributed by atoms with van der Waals surface area (Å²) >= 11 is 0. The van der Waals surface area contributed by atoms with Gasteiger partial charge in [0, 0.05) is 12.3 Å². The minimum absolute atomic E-state index is 0.160. The first-order valence-electron chi connectivity index (χ1n) is 5.14. The highest BCUT2D eigenvalue weighted by Crippen LogP contribution is 2.18. The summed E-state index contributed by atoms with van der Waals surface area (Å²) in [7, 11) is 0. The van der Waals surface area contributed by atoms with Gasteiger partial charge in [-0.2, -0.15) is 0 Å². The first kappa shape index (κ1) is 13.1. The molecule has 0 saturated heterocycles. The summed E-state index contributed by atoms with van der Waals surface area (Å²) in [5.41, 5.74) is 0. The Morgan fingerprint density at radius 2 is 2.14 bits per heavy atom. The van der Waals surface area contributed by atoms with Crippen molar-refractivity contribution >= 4 is 12.3 Å². The van der Waals surface area contributed by atoms with Crippen LogP contribution in [-0.4, -0.2) is 18.9 Å². The van der Waals surface area contributed by atoms with Gasteiger partial charge in [0.05, 0.1) is 6.61 Å². The average Bonchev–Trinajstić information content (AvgIpc) is 2.13. The molecule has 0 fully saturated rings. The van der Waals surface area contributed by atoms with Crippen molar-refractivity contribution in [3.05, 3.63) is 0 Å². The molecule has 14 heavy (non-hydrogen) atoms. The topological polar surface area (TPSA) is 43.4 Å². The minimum Gasteiger partial charge on any atom is -0.468 e. The fraction of sp³-hybridized carbons (Fsp3) is 0.818. The molecular weight excluding hydrogens is 180 g/mol. The Labute approximate surface area is 85.8 Å². The highest BCUT2D eigenvalue weighted by Gasteiger charge is 2.14. The van der Waals surface area contributed by atoms with E-state index in [-0.39, 0.29) is 11.7 Å². The molecule has 0 aliphatic carbocycles. The first-order valence-corrected chi connectivity index (χ1v) is 5.14. The summed E-state index contributed by atoms with van der Waals surface area (Å²) in [6.07, 6.45) is 2.55. The molecule has 82 valence electrons. The number of ether oxygens (including phenoxy) is 1. The van der Waals surface area contributed by atoms with E-state index in [9.17, 15) is 9.59 Å². The third-order valence-electron chi connectivity index (χ3n) is 2.41. The van der Waals surface area contributed by atoms with Gasteiger partial charge in [0.25, 0.3) is 6.47 Å². The van der Waals surface area contributed by atoms with Crippen LogP contribution in [0, 0.1) is 11.8 Å². The van der Waals surface area contributed by atoms with Crippen molar-refractivity contribution in [2.45, 2.75) is 40.0 Å². The number of carbonyl (C=O) groups excluding carboxylic acids is 2. The maximum absolute atomic E-state index is 10.9. The SMILES string of the molecule is CCC(C)CC(COC=O)CC(C)=O. The van der Waals surface area contributed by atoms with Crippen LogP contribution in [0.5, 0.6) is 0 Å². The van der Waals surface area contributed by atoms with Crippen LogP contribution >= 0.6 is 0 Å². The predicted molar refractivity (Wildman–Crippen MR) is 54.9 cm³/mol. The Bertz CT molecular complexity index is 177. The summed E-state index contributed by atoms with van der Waals surface area (Å²) in [5, 5.41) is 0. The molecule has 0 rings (SSSR count). The molecule has 0 aliphatic heterocycles. The molecule has 0 amide bonds. The number of rotatable bonds is 8. The summed E-state index contributed by atoms with van der Waals surface area (Å²) in [6, 6.07) is 0. The van der Waals surface area contributed by atoms with Gasteiger partial charge in [-0.1, -0.05) is 20.3 Å². The Morgan fingerprint density at radius 1 is 1.50 bits per heavy atom. The van der Waals surface area contributed by atoms with Gasteiger partial charge in [-0.25, -0.2) is 0 Å². The van der Waals surface area contributed by atoms with Crippen LogP contribution < -0.4 is 0 Å². The second-order valence-corrected chi connectivity index (χ2v) is 3.95. The zero-order chi connectivity index (χ0) is 11.0. The summed E-state index contributed by atoms with van der Waals surface area (Å²) in [4.78, 5) is 21.0. The van der Waals surface area contributed by atoms with Crippen molar-refractivity contribution in [3.8, 4) is 0 Å². The van der Waals surface area contributed by atoms with Crippen LogP contribution in [0.2, 0.25) is 0 Å². The fourth-order valence-electron chi connectivity index (χ4n) is 1.53. The normalized spacial score (nSPS) is 14.5. The van der Waals surface area contributed by atoms with E-state index in [1.807, 2.05) is 0 Å². The second-order valence-electron chi connectivity index (χ2n) is 3.95. The third kappa shape index (κ3) is 6.63. The lowest BCUT2D eigenvalue weighted by Crippen LogP contribution is -2.15. The van der Waals surface area contributed by atoms with E-state index >= 15 is 0 Å². The van der Waals surface area contributed by atoms with Gasteiger partial charge in [-0.15, -0.1) is 0 Å². The van der Waals surface area contributed by atoms with Gasteiger partial charge in [0.2, 0.25) is 0 Å². The van der Waals surface area contributed by atoms with Crippen LogP contribution in [0.15, 0.2) is 0 Å². The summed E-state index contributed by atoms with van der Waals surface area (Å²) < 4.78 is 4.71. The zero-order valence-corrected chi connectivity index (χ0v) is 9.29. The Balaban J connectivity index is 3.95. The lowest BCUT2D eigenvalue weighted by atomic mass is 9.91. The van der Waals surface area contributed by atoms with Crippen molar-refractivity contribution < 1.29 is 14.3 Å². The molecule has 0 bridgehead atoms. The van der Waals surface area contributed by atoms with E-state index in [0.29, 0.717) is 25.4 Å². The van der Waals surface area contributed by atoms with Crippen molar-refractivity contribution in [1.29, 1.82) is 0 Å². The van der Waals surface area contributed by atoms with Gasteiger partial charge in [0.15, 0.2) is 0 Å². The molecule has 0 saturated carbocycles. The second kappa shape index (κ2) is 7.54. The Kier molecular flexibility index (Phi) is 7.07. The van der Waals surface area contributed by atoms with Crippen LogP contribution in [0.4, 0.5) is 0 Å². The Hall–Kier alpha value is -0.860. The monoisotopic (exact) mass is 200 g/mol. The van der Waals surface area contributed by atoms with Crippen molar-refractivity contribution in [3.63, 3.8) is 0 Å². The number of hydrogen-bond donors (Lipinski definition) is 0. The van der Waals surface area contributed by atoms with E-state index < -0.39 is 0 Å². The summed E-state index contributed by atoms with van der Waals surface area (Å²) in [5.74, 6) is 0.926. The molecule has 0 aromatic carbocycles. The number of hydrogen-bond acceptors (Lipinski definition) is 3. The molecule has 0 spiro atoms. The first-order chi connectivity index (χ1) is 6.60. The van der Waals surface area contributed by atoms with Crippen LogP contribution in [0.1, 0.15) is 40.0 Å². The van der Waals surface area contributed by atoms with E-state index in [2.05, 4.69) is 13.8 Å². The highest BCUT2D eigenvalue weighted by molar-refractivity contribution is 5.75. The molecule has 0 heterocycles. The van der Waals surface area contributed by atoms with Crippen molar-refractivity contribution in [2.75, 3.05) is 6.61 Å². The average molecular weight is 200 g/mol. The standard InChI is InChI=1S/C11H20O3/c1-4-9(2)5-11(6-10(3)13)7-14-8-12/h8-9,11H,4-7H2,1-3H3. The van der Waals surface area contributed by atoms with Crippen molar-refractivity contribution in [1.82, 2.24) is 0 Å². The number of Topliss-reactive ketones (excluding diaryl/α,β-unsaturated/α-hetero) is 1. The molecule has 0 aromatic heterocycles. The van der Waals surface area contributed by atoms with E-state index in [1.54, 1.807) is 6.92 Å². The highest BCUT2D eigenvalue weighted by atomic mass is 16.5. The summed E-state index contributed by atoms with van der Waals surface area (Å²) in [6.45, 7) is 6.66. The molecule has 3 nitrogen and oxygen atoms in total. The molecule has 0 N–H and O–H groups in total. The Morgan fingerprint density at radius 3 is 2.57 bits per heavy atom. The lowest BCUT2D eigenvalue weighted by Gasteiger charge is -2.17. The predicted octanol–water partition coefficient (Wildman–Crippen LogP) is 2.19. The smallest absolute Gasteiger partial charge is 0.293 e. The molecule has 0 aliphatic rings. The van der Waals surface area contributed by atoms with Gasteiger partial charge >= 0.3 is 0 Å². The van der Waals surface area contributed by atoms with Gasteiger partial charge in [-0.3, -0.25) is 4.79 Å². The van der Waals surface area contributed by atoms with Crippen LogP contribution in [0.25, 0.3) is 0 Å². The van der Waals surface area contributed by atoms with Gasteiger partial charge < -0.3 is 9.53 Å². The third-order valence-corrected chi connectivity index (χ3v) is 2.41. The maximum atomic E-state index is 10.9. The molecule has 3 heteroatoms. The number of carbonyl (C=O) groups is 2. The maximum Gasteiger partial charge on any atom is 0.293 e. The van der Waals surface area contributed by atoms with Crippen molar-refractivity contribution in [2.24, 2.45) is 11.8 Å². The zero-order valence-electron chi connectivity index (χ0n) is 9.29. The number of ketones is 1. The lowest BCUT2D eigenvalue weighted by molar-refractivity contribution is -0.131. The van der Waals surface area contributed by atoms with E-state index in [0.717, 1.165) is 12.8 Å². The van der Waals surface area contributed by atoms with E-state index in [4.69, 9.17) is 4.74 Å². The molecular formula is C11H20O3. The van der Waals surface area contributed by atoms with Gasteiger partial charge in [0.1, 0.15) is 5.78 Å².